The number of benzene rings is 2. The average molecular weight is 441 g/mol. The molecule has 164 valence electrons. The number of halogens is 1. The molecule has 1 amide bonds. The number of hydrogen-bond acceptors (Lipinski definition) is 4. The van der Waals surface area contributed by atoms with Crippen molar-refractivity contribution in [1.29, 1.82) is 0 Å². The average Bonchev–Trinajstić information content (AvgIpc) is 2.73. The standard InChI is InChI=1S/C25H29ClN2O3/c1-25(2)16-18-9-12-20(31-3)14-21(18)22(28-25)15-23(29)17-7-10-19(11-8-17)27-24(30)6-4-5-13-26/h7-12,14-15,28H,4-6,13,16H2,1-3H3,(H,27,30). The number of hydrogen-bond donors (Lipinski definition) is 2. The molecule has 2 aromatic carbocycles. The van der Waals surface area contributed by atoms with Gasteiger partial charge < -0.3 is 15.4 Å². The van der Waals surface area contributed by atoms with Crippen LogP contribution in [0.5, 0.6) is 5.75 Å². The zero-order valence-electron chi connectivity index (χ0n) is 18.3. The van der Waals surface area contributed by atoms with Crippen molar-refractivity contribution in [2.45, 2.75) is 45.1 Å². The van der Waals surface area contributed by atoms with E-state index in [1.54, 1.807) is 37.5 Å². The Balaban J connectivity index is 1.76. The second-order valence-electron chi connectivity index (χ2n) is 8.40. The van der Waals surface area contributed by atoms with E-state index in [1.807, 2.05) is 12.1 Å². The van der Waals surface area contributed by atoms with Crippen LogP contribution in [0.2, 0.25) is 0 Å². The van der Waals surface area contributed by atoms with Crippen LogP contribution in [0.25, 0.3) is 5.70 Å². The molecule has 2 N–H and O–H groups in total. The van der Waals surface area contributed by atoms with Crippen LogP contribution >= 0.6 is 11.6 Å². The third-order valence-electron chi connectivity index (χ3n) is 5.23. The van der Waals surface area contributed by atoms with Gasteiger partial charge in [0.25, 0.3) is 0 Å². The quantitative estimate of drug-likeness (QED) is 0.256. The number of nitrogens with one attached hydrogen (secondary N) is 2. The number of carbonyl (C=O) groups is 2. The van der Waals surface area contributed by atoms with E-state index in [4.69, 9.17) is 16.3 Å². The molecule has 6 heteroatoms. The van der Waals surface area contributed by atoms with E-state index in [0.29, 0.717) is 23.6 Å². The van der Waals surface area contributed by atoms with Gasteiger partial charge in [0.15, 0.2) is 5.78 Å². The summed E-state index contributed by atoms with van der Waals surface area (Å²) in [4.78, 5) is 24.9. The van der Waals surface area contributed by atoms with Crippen molar-refractivity contribution in [3.8, 4) is 5.75 Å². The Hall–Kier alpha value is -2.79. The first-order valence-corrected chi connectivity index (χ1v) is 11.0. The fourth-order valence-corrected chi connectivity index (χ4v) is 3.88. The van der Waals surface area contributed by atoms with Crippen molar-refractivity contribution in [1.82, 2.24) is 5.32 Å². The maximum atomic E-state index is 12.9. The van der Waals surface area contributed by atoms with Crippen LogP contribution in [0.1, 0.15) is 54.6 Å². The summed E-state index contributed by atoms with van der Waals surface area (Å²) in [7, 11) is 1.63. The van der Waals surface area contributed by atoms with Crippen molar-refractivity contribution in [3.63, 3.8) is 0 Å². The number of allylic oxidation sites excluding steroid dienone is 1. The van der Waals surface area contributed by atoms with E-state index in [0.717, 1.165) is 36.3 Å². The minimum Gasteiger partial charge on any atom is -0.497 e. The molecule has 1 heterocycles. The zero-order valence-corrected chi connectivity index (χ0v) is 19.0. The normalized spacial score (nSPS) is 15.7. The van der Waals surface area contributed by atoms with Crippen molar-refractivity contribution in [2.75, 3.05) is 18.3 Å². The Bertz CT molecular complexity index is 981. The number of unbranched alkanes of at least 4 members (excludes halogenated alkanes) is 1. The number of anilines is 1. The molecule has 2 aromatic rings. The minimum absolute atomic E-state index is 0.0505. The first-order chi connectivity index (χ1) is 14.8. The molecule has 0 aromatic heterocycles. The molecule has 0 saturated carbocycles. The highest BCUT2D eigenvalue weighted by Gasteiger charge is 2.28. The van der Waals surface area contributed by atoms with Crippen LogP contribution in [-0.2, 0) is 11.2 Å². The fourth-order valence-electron chi connectivity index (χ4n) is 3.69. The van der Waals surface area contributed by atoms with E-state index in [-0.39, 0.29) is 17.2 Å². The first-order valence-electron chi connectivity index (χ1n) is 10.5. The molecule has 0 unspecified atom stereocenters. The number of methoxy groups -OCH3 is 1. The van der Waals surface area contributed by atoms with Gasteiger partial charge >= 0.3 is 0 Å². The molecule has 31 heavy (non-hydrogen) atoms. The van der Waals surface area contributed by atoms with Crippen molar-refractivity contribution < 1.29 is 14.3 Å². The largest absolute Gasteiger partial charge is 0.497 e. The van der Waals surface area contributed by atoms with Gasteiger partial charge in [0, 0.05) is 46.4 Å². The van der Waals surface area contributed by atoms with Gasteiger partial charge in [0.2, 0.25) is 5.91 Å². The molecule has 0 fully saturated rings. The minimum atomic E-state index is -0.161. The van der Waals surface area contributed by atoms with Crippen molar-refractivity contribution in [3.05, 3.63) is 65.2 Å². The molecule has 0 aliphatic carbocycles. The molecule has 5 nitrogen and oxygen atoms in total. The van der Waals surface area contributed by atoms with Crippen LogP contribution in [0.4, 0.5) is 5.69 Å². The van der Waals surface area contributed by atoms with Gasteiger partial charge in [-0.25, -0.2) is 0 Å². The monoisotopic (exact) mass is 440 g/mol. The summed E-state index contributed by atoms with van der Waals surface area (Å²) in [5.41, 5.74) is 4.01. The molecular weight excluding hydrogens is 412 g/mol. The number of amides is 1. The molecule has 0 atom stereocenters. The summed E-state index contributed by atoms with van der Waals surface area (Å²) in [6, 6.07) is 12.9. The molecule has 0 radical (unpaired) electrons. The lowest BCUT2D eigenvalue weighted by Gasteiger charge is -2.35. The molecule has 1 aliphatic heterocycles. The van der Waals surface area contributed by atoms with Gasteiger partial charge in [0.05, 0.1) is 7.11 Å². The number of rotatable bonds is 8. The topological polar surface area (TPSA) is 67.4 Å². The van der Waals surface area contributed by atoms with Gasteiger partial charge in [-0.15, -0.1) is 11.6 Å². The number of ketones is 1. The second kappa shape index (κ2) is 10.0. The zero-order chi connectivity index (χ0) is 22.4. The maximum absolute atomic E-state index is 12.9. The molecule has 0 saturated heterocycles. The van der Waals surface area contributed by atoms with Gasteiger partial charge in [-0.2, -0.15) is 0 Å². The lowest BCUT2D eigenvalue weighted by Crippen LogP contribution is -2.43. The van der Waals surface area contributed by atoms with Crippen LogP contribution in [-0.4, -0.2) is 30.2 Å². The van der Waals surface area contributed by atoms with E-state index in [9.17, 15) is 9.59 Å². The highest BCUT2D eigenvalue weighted by atomic mass is 35.5. The van der Waals surface area contributed by atoms with E-state index >= 15 is 0 Å². The Morgan fingerprint density at radius 2 is 1.90 bits per heavy atom. The summed E-state index contributed by atoms with van der Waals surface area (Å²) in [6.07, 6.45) is 4.51. The smallest absolute Gasteiger partial charge is 0.224 e. The summed E-state index contributed by atoms with van der Waals surface area (Å²) in [6.45, 7) is 4.23. The maximum Gasteiger partial charge on any atom is 0.224 e. The summed E-state index contributed by atoms with van der Waals surface area (Å²) < 4.78 is 5.36. The first kappa shape index (κ1) is 22.9. The van der Waals surface area contributed by atoms with E-state index in [2.05, 4.69) is 30.5 Å². The predicted molar refractivity (Wildman–Crippen MR) is 126 cm³/mol. The van der Waals surface area contributed by atoms with E-state index < -0.39 is 0 Å². The van der Waals surface area contributed by atoms with Crippen molar-refractivity contribution >= 4 is 34.7 Å². The number of alkyl halides is 1. The third kappa shape index (κ3) is 6.11. The van der Waals surface area contributed by atoms with Gasteiger partial charge in [0.1, 0.15) is 5.75 Å². The van der Waals surface area contributed by atoms with E-state index in [1.165, 1.54) is 5.56 Å². The van der Waals surface area contributed by atoms with Crippen LogP contribution in [0.15, 0.2) is 48.5 Å². The highest BCUT2D eigenvalue weighted by Crippen LogP contribution is 2.32. The second-order valence-corrected chi connectivity index (χ2v) is 8.78. The van der Waals surface area contributed by atoms with Gasteiger partial charge in [-0.1, -0.05) is 6.07 Å². The van der Waals surface area contributed by atoms with Crippen molar-refractivity contribution in [2.24, 2.45) is 0 Å². The van der Waals surface area contributed by atoms with Gasteiger partial charge in [-0.05, 0) is 75.1 Å². The van der Waals surface area contributed by atoms with Crippen LogP contribution < -0.4 is 15.4 Å². The number of ether oxygens (including phenoxy) is 1. The van der Waals surface area contributed by atoms with Crippen LogP contribution in [0, 0.1) is 0 Å². The van der Waals surface area contributed by atoms with Gasteiger partial charge in [-0.3, -0.25) is 9.59 Å². The third-order valence-corrected chi connectivity index (χ3v) is 5.50. The molecule has 0 spiro atoms. The molecule has 0 bridgehead atoms. The lowest BCUT2D eigenvalue weighted by molar-refractivity contribution is -0.116. The number of carbonyl (C=O) groups excluding carboxylic acids is 2. The SMILES string of the molecule is COc1ccc2c(c1)C(=CC(=O)c1ccc(NC(=O)CCCCCl)cc1)NC(C)(C)C2. The summed E-state index contributed by atoms with van der Waals surface area (Å²) in [5.74, 6) is 1.16. The Morgan fingerprint density at radius 1 is 1.16 bits per heavy atom. The predicted octanol–water partition coefficient (Wildman–Crippen LogP) is 5.19. The Morgan fingerprint density at radius 3 is 2.58 bits per heavy atom. The summed E-state index contributed by atoms with van der Waals surface area (Å²) in [5, 5.41) is 6.33. The molecule has 1 aliphatic rings. The fraction of sp³-hybridized carbons (Fsp3) is 0.360. The Kier molecular flexibility index (Phi) is 7.39. The lowest BCUT2D eigenvalue weighted by atomic mass is 9.85. The summed E-state index contributed by atoms with van der Waals surface area (Å²) >= 11 is 5.64. The highest BCUT2D eigenvalue weighted by molar-refractivity contribution is 6.17. The Labute approximate surface area is 188 Å². The molecular formula is C25H29ClN2O3. The number of fused-ring (bicyclic) bond motifs is 1. The molecule has 3 rings (SSSR count). The van der Waals surface area contributed by atoms with Crippen LogP contribution in [0.3, 0.4) is 0 Å².